The normalized spacial score (nSPS) is 12.8. The number of aromatic nitrogens is 3. The number of benzene rings is 1. The van der Waals surface area contributed by atoms with Crippen molar-refractivity contribution in [2.45, 2.75) is 48.4 Å². The minimum absolute atomic E-state index is 0.246. The maximum atomic E-state index is 12.6. The Hall–Kier alpha value is -1.87. The maximum Gasteiger partial charge on any atom is 0.318 e. The fraction of sp³-hybridized carbons (Fsp3) is 0.438. The minimum atomic E-state index is -3.52. The number of thioether (sulfide) groups is 1. The Morgan fingerprint density at radius 3 is 2.48 bits per heavy atom. The molecule has 0 N–H and O–H groups in total. The number of carbonyl (C=O) groups excluding carboxylic acids is 1. The molecule has 1 heterocycles. The number of hydrogen-bond donors (Lipinski definition) is 0. The highest BCUT2D eigenvalue weighted by atomic mass is 32.2. The van der Waals surface area contributed by atoms with Crippen LogP contribution in [0.15, 0.2) is 34.3 Å². The predicted molar refractivity (Wildman–Crippen MR) is 95.1 cm³/mol. The molecule has 1 atom stereocenters. The average molecular weight is 383 g/mol. The van der Waals surface area contributed by atoms with Crippen LogP contribution in [0.4, 0.5) is 0 Å². The minimum Gasteiger partial charge on any atom is -0.468 e. The zero-order valence-corrected chi connectivity index (χ0v) is 16.2. The van der Waals surface area contributed by atoms with Gasteiger partial charge in [-0.2, -0.15) is 0 Å². The number of hydrogen-bond acceptors (Lipinski definition) is 7. The fourth-order valence-corrected chi connectivity index (χ4v) is 4.43. The Labute approximate surface area is 151 Å². The summed E-state index contributed by atoms with van der Waals surface area (Å²) in [7, 11) is -2.20. The molecular formula is C16H21N3O4S2. The van der Waals surface area contributed by atoms with Gasteiger partial charge in [-0.15, -0.1) is 10.2 Å². The van der Waals surface area contributed by atoms with Crippen LogP contribution in [0.1, 0.15) is 25.2 Å². The number of ether oxygens (including phenoxy) is 1. The van der Waals surface area contributed by atoms with Crippen molar-refractivity contribution in [3.8, 4) is 0 Å². The summed E-state index contributed by atoms with van der Waals surface area (Å²) < 4.78 is 31.6. The molecule has 1 aromatic heterocycles. The van der Waals surface area contributed by atoms with E-state index in [0.29, 0.717) is 17.5 Å². The standard InChI is InChI=1S/C16H21N3O4S2/c1-5-19-14(17-18-16(19)24-12(3)15(20)23-4)10-25(21,22)13-8-6-11(2)7-9-13/h6-9,12H,5,10H2,1-4H3. The van der Waals surface area contributed by atoms with Crippen LogP contribution in [-0.4, -0.2) is 41.5 Å². The highest BCUT2D eigenvalue weighted by Crippen LogP contribution is 2.24. The van der Waals surface area contributed by atoms with E-state index in [4.69, 9.17) is 4.74 Å². The largest absolute Gasteiger partial charge is 0.468 e. The maximum absolute atomic E-state index is 12.6. The Bertz CT molecular complexity index is 845. The monoisotopic (exact) mass is 383 g/mol. The zero-order valence-electron chi connectivity index (χ0n) is 14.6. The first-order chi connectivity index (χ1) is 11.8. The number of aryl methyl sites for hydroxylation is 1. The van der Waals surface area contributed by atoms with Crippen molar-refractivity contribution in [1.29, 1.82) is 0 Å². The molecule has 0 saturated carbocycles. The van der Waals surface area contributed by atoms with Crippen molar-refractivity contribution in [2.24, 2.45) is 0 Å². The van der Waals surface area contributed by atoms with E-state index in [1.54, 1.807) is 35.8 Å². The lowest BCUT2D eigenvalue weighted by Gasteiger charge is -2.11. The second kappa shape index (κ2) is 8.01. The Morgan fingerprint density at radius 2 is 1.92 bits per heavy atom. The van der Waals surface area contributed by atoms with Crippen LogP contribution in [0.25, 0.3) is 0 Å². The molecule has 2 rings (SSSR count). The molecule has 136 valence electrons. The van der Waals surface area contributed by atoms with Crippen LogP contribution >= 0.6 is 11.8 Å². The van der Waals surface area contributed by atoms with Crippen LogP contribution in [0.5, 0.6) is 0 Å². The molecule has 0 aliphatic rings. The molecule has 0 fully saturated rings. The summed E-state index contributed by atoms with van der Waals surface area (Å²) in [6.07, 6.45) is 0. The van der Waals surface area contributed by atoms with Crippen molar-refractivity contribution in [2.75, 3.05) is 7.11 Å². The van der Waals surface area contributed by atoms with Gasteiger partial charge in [0.2, 0.25) is 0 Å². The first kappa shape index (κ1) is 19.5. The number of nitrogens with zero attached hydrogens (tertiary/aromatic N) is 3. The van der Waals surface area contributed by atoms with Crippen LogP contribution in [0.2, 0.25) is 0 Å². The molecular weight excluding hydrogens is 362 g/mol. The van der Waals surface area contributed by atoms with Crippen molar-refractivity contribution in [3.63, 3.8) is 0 Å². The van der Waals surface area contributed by atoms with Gasteiger partial charge in [-0.1, -0.05) is 29.5 Å². The van der Waals surface area contributed by atoms with Gasteiger partial charge in [-0.05, 0) is 32.9 Å². The molecule has 0 bridgehead atoms. The summed E-state index contributed by atoms with van der Waals surface area (Å²) in [6, 6.07) is 6.70. The predicted octanol–water partition coefficient (Wildman–Crippen LogP) is 2.23. The lowest BCUT2D eigenvalue weighted by atomic mass is 10.2. The van der Waals surface area contributed by atoms with Gasteiger partial charge in [0.05, 0.1) is 12.0 Å². The molecule has 0 aliphatic heterocycles. The second-order valence-electron chi connectivity index (χ2n) is 5.50. The summed E-state index contributed by atoms with van der Waals surface area (Å²) >= 11 is 1.19. The summed E-state index contributed by atoms with van der Waals surface area (Å²) in [5, 5.41) is 8.09. The Balaban J connectivity index is 2.25. The van der Waals surface area contributed by atoms with E-state index in [0.717, 1.165) is 5.56 Å². The van der Waals surface area contributed by atoms with E-state index in [1.165, 1.54) is 18.9 Å². The van der Waals surface area contributed by atoms with E-state index in [-0.39, 0.29) is 16.6 Å². The number of rotatable bonds is 7. The van der Waals surface area contributed by atoms with Crippen LogP contribution in [0.3, 0.4) is 0 Å². The van der Waals surface area contributed by atoms with Crippen LogP contribution in [0, 0.1) is 6.92 Å². The first-order valence-corrected chi connectivity index (χ1v) is 10.3. The van der Waals surface area contributed by atoms with Crippen molar-refractivity contribution in [1.82, 2.24) is 14.8 Å². The quantitative estimate of drug-likeness (QED) is 0.535. The molecule has 0 amide bonds. The van der Waals surface area contributed by atoms with Gasteiger partial charge in [0, 0.05) is 6.54 Å². The summed E-state index contributed by atoms with van der Waals surface area (Å²) in [6.45, 7) is 5.98. The van der Waals surface area contributed by atoms with Gasteiger partial charge >= 0.3 is 5.97 Å². The third-order valence-corrected chi connectivity index (χ3v) is 6.31. The van der Waals surface area contributed by atoms with E-state index in [2.05, 4.69) is 10.2 Å². The molecule has 7 nitrogen and oxygen atoms in total. The van der Waals surface area contributed by atoms with E-state index in [9.17, 15) is 13.2 Å². The summed E-state index contributed by atoms with van der Waals surface area (Å²) in [5.41, 5.74) is 0.992. The van der Waals surface area contributed by atoms with Crippen molar-refractivity contribution in [3.05, 3.63) is 35.7 Å². The molecule has 9 heteroatoms. The zero-order chi connectivity index (χ0) is 18.6. The third kappa shape index (κ3) is 4.60. The summed E-state index contributed by atoms with van der Waals surface area (Å²) in [4.78, 5) is 11.8. The first-order valence-electron chi connectivity index (χ1n) is 7.74. The molecule has 0 saturated heterocycles. The molecule has 0 aliphatic carbocycles. The fourth-order valence-electron chi connectivity index (χ4n) is 2.20. The van der Waals surface area contributed by atoms with Crippen LogP contribution in [-0.2, 0) is 31.7 Å². The molecule has 0 spiro atoms. The number of carbonyl (C=O) groups is 1. The molecule has 1 aromatic carbocycles. The lowest BCUT2D eigenvalue weighted by Crippen LogP contribution is -2.16. The highest BCUT2D eigenvalue weighted by Gasteiger charge is 2.23. The molecule has 2 aromatic rings. The molecule has 25 heavy (non-hydrogen) atoms. The number of sulfone groups is 1. The van der Waals surface area contributed by atoms with Gasteiger partial charge in [-0.3, -0.25) is 4.79 Å². The lowest BCUT2D eigenvalue weighted by molar-refractivity contribution is -0.139. The Morgan fingerprint density at radius 1 is 1.28 bits per heavy atom. The number of methoxy groups -OCH3 is 1. The number of esters is 1. The SMILES string of the molecule is CCn1c(CS(=O)(=O)c2ccc(C)cc2)nnc1SC(C)C(=O)OC. The third-order valence-electron chi connectivity index (χ3n) is 3.62. The molecule has 0 radical (unpaired) electrons. The average Bonchev–Trinajstić information content (AvgIpc) is 2.95. The van der Waals surface area contributed by atoms with Gasteiger partial charge < -0.3 is 9.30 Å². The highest BCUT2D eigenvalue weighted by molar-refractivity contribution is 8.00. The van der Waals surface area contributed by atoms with E-state index < -0.39 is 15.1 Å². The van der Waals surface area contributed by atoms with Gasteiger partial charge in [0.1, 0.15) is 16.8 Å². The Kier molecular flexibility index (Phi) is 6.23. The van der Waals surface area contributed by atoms with E-state index >= 15 is 0 Å². The van der Waals surface area contributed by atoms with Crippen molar-refractivity contribution >= 4 is 27.6 Å². The van der Waals surface area contributed by atoms with Gasteiger partial charge in [-0.25, -0.2) is 8.42 Å². The van der Waals surface area contributed by atoms with Crippen LogP contribution < -0.4 is 0 Å². The van der Waals surface area contributed by atoms with Gasteiger partial charge in [0.25, 0.3) is 0 Å². The smallest absolute Gasteiger partial charge is 0.318 e. The van der Waals surface area contributed by atoms with Crippen molar-refractivity contribution < 1.29 is 17.9 Å². The molecule has 1 unspecified atom stereocenters. The van der Waals surface area contributed by atoms with Gasteiger partial charge in [0.15, 0.2) is 15.0 Å². The summed E-state index contributed by atoms with van der Waals surface area (Å²) in [5.74, 6) is -0.267. The van der Waals surface area contributed by atoms with E-state index in [1.807, 2.05) is 13.8 Å². The topological polar surface area (TPSA) is 91.1 Å². The second-order valence-corrected chi connectivity index (χ2v) is 8.80.